The Hall–Kier alpha value is -2.46. The van der Waals surface area contributed by atoms with Crippen LogP contribution in [0.15, 0.2) is 51.7 Å². The van der Waals surface area contributed by atoms with Gasteiger partial charge in [-0.15, -0.1) is 0 Å². The first-order chi connectivity index (χ1) is 10.1. The molecule has 106 valence electrons. The van der Waals surface area contributed by atoms with Gasteiger partial charge in [-0.25, -0.2) is 0 Å². The number of methoxy groups -OCH3 is 1. The van der Waals surface area contributed by atoms with Gasteiger partial charge < -0.3 is 14.3 Å². The van der Waals surface area contributed by atoms with E-state index in [0.717, 1.165) is 0 Å². The topological polar surface area (TPSA) is 59.7 Å². The fourth-order valence-electron chi connectivity index (χ4n) is 2.17. The molecule has 3 rings (SSSR count). The van der Waals surface area contributed by atoms with Crippen LogP contribution in [0.5, 0.6) is 11.5 Å². The van der Waals surface area contributed by atoms with Gasteiger partial charge in [0, 0.05) is 0 Å². The highest BCUT2D eigenvalue weighted by Crippen LogP contribution is 2.37. The third kappa shape index (κ3) is 2.23. The molecule has 0 fully saturated rings. The van der Waals surface area contributed by atoms with E-state index in [1.54, 1.807) is 30.3 Å². The molecule has 0 aliphatic rings. The van der Waals surface area contributed by atoms with Crippen molar-refractivity contribution < 1.29 is 14.3 Å². The van der Waals surface area contributed by atoms with Gasteiger partial charge in [0.1, 0.15) is 22.1 Å². The molecular weight excluding hydrogens is 292 g/mol. The number of hydrogen-bond acceptors (Lipinski definition) is 4. The largest absolute Gasteiger partial charge is 0.508 e. The van der Waals surface area contributed by atoms with E-state index < -0.39 is 0 Å². The summed E-state index contributed by atoms with van der Waals surface area (Å²) in [7, 11) is 1.49. The highest BCUT2D eigenvalue weighted by Gasteiger charge is 2.18. The molecule has 0 aliphatic heterocycles. The Morgan fingerprint density at radius 1 is 1.19 bits per heavy atom. The molecule has 4 nitrogen and oxygen atoms in total. The van der Waals surface area contributed by atoms with Crippen molar-refractivity contribution in [1.82, 2.24) is 0 Å². The maximum Gasteiger partial charge on any atom is 0.211 e. The Kier molecular flexibility index (Phi) is 3.31. The molecule has 0 saturated carbocycles. The van der Waals surface area contributed by atoms with Crippen molar-refractivity contribution in [2.75, 3.05) is 7.11 Å². The van der Waals surface area contributed by atoms with Gasteiger partial charge >= 0.3 is 0 Å². The first kappa shape index (κ1) is 13.5. The van der Waals surface area contributed by atoms with Crippen LogP contribution < -0.4 is 10.2 Å². The molecule has 0 atom stereocenters. The molecule has 1 N–H and O–H groups in total. The number of hydrogen-bond donors (Lipinski definition) is 1. The summed E-state index contributed by atoms with van der Waals surface area (Å²) in [5.41, 5.74) is 0.525. The van der Waals surface area contributed by atoms with Crippen LogP contribution in [0.4, 0.5) is 0 Å². The number of fused-ring (bicyclic) bond motifs is 1. The fourth-order valence-corrected chi connectivity index (χ4v) is 2.41. The molecule has 0 amide bonds. The van der Waals surface area contributed by atoms with Crippen LogP contribution in [0.2, 0.25) is 5.02 Å². The number of aromatic hydroxyl groups is 1. The monoisotopic (exact) mass is 302 g/mol. The standard InChI is InChI=1S/C16H11ClO4/c1-20-12-7-6-9(18)8-11(12)16-14(17)15(19)10-4-2-3-5-13(10)21-16/h2-8,18H,1H3. The summed E-state index contributed by atoms with van der Waals surface area (Å²) in [4.78, 5) is 12.3. The molecule has 5 heteroatoms. The minimum atomic E-state index is -0.320. The van der Waals surface area contributed by atoms with Crippen LogP contribution in [0.3, 0.4) is 0 Å². The summed E-state index contributed by atoms with van der Waals surface area (Å²) in [5, 5.41) is 10.0. The lowest BCUT2D eigenvalue weighted by Crippen LogP contribution is -2.04. The van der Waals surface area contributed by atoms with Crippen LogP contribution in [0, 0.1) is 0 Å². The Labute approximate surface area is 125 Å². The Morgan fingerprint density at radius 3 is 2.71 bits per heavy atom. The van der Waals surface area contributed by atoms with E-state index in [9.17, 15) is 9.90 Å². The molecule has 0 saturated heterocycles. The number of para-hydroxylation sites is 1. The van der Waals surface area contributed by atoms with Crippen molar-refractivity contribution in [3.8, 4) is 22.8 Å². The van der Waals surface area contributed by atoms with E-state index in [2.05, 4.69) is 0 Å². The van der Waals surface area contributed by atoms with E-state index in [-0.39, 0.29) is 22.0 Å². The zero-order chi connectivity index (χ0) is 15.0. The molecule has 1 heterocycles. The summed E-state index contributed by atoms with van der Waals surface area (Å²) in [5.74, 6) is 0.652. The van der Waals surface area contributed by atoms with Gasteiger partial charge in [0.15, 0.2) is 5.76 Å². The zero-order valence-corrected chi connectivity index (χ0v) is 11.8. The molecule has 0 radical (unpaired) electrons. The Morgan fingerprint density at radius 2 is 1.95 bits per heavy atom. The molecule has 3 aromatic rings. The first-order valence-corrected chi connectivity index (χ1v) is 6.58. The van der Waals surface area contributed by atoms with Crippen molar-refractivity contribution in [2.24, 2.45) is 0 Å². The smallest absolute Gasteiger partial charge is 0.211 e. The van der Waals surface area contributed by atoms with Gasteiger partial charge in [-0.3, -0.25) is 4.79 Å². The van der Waals surface area contributed by atoms with Gasteiger partial charge in [-0.2, -0.15) is 0 Å². The van der Waals surface area contributed by atoms with Gasteiger partial charge in [0.2, 0.25) is 5.43 Å². The van der Waals surface area contributed by atoms with E-state index in [1.807, 2.05) is 0 Å². The number of halogens is 1. The van der Waals surface area contributed by atoms with Crippen LogP contribution in [0.25, 0.3) is 22.3 Å². The van der Waals surface area contributed by atoms with Crippen LogP contribution in [-0.4, -0.2) is 12.2 Å². The van der Waals surface area contributed by atoms with Gasteiger partial charge in [0.25, 0.3) is 0 Å². The minimum Gasteiger partial charge on any atom is -0.508 e. The molecule has 0 bridgehead atoms. The highest BCUT2D eigenvalue weighted by molar-refractivity contribution is 6.33. The quantitative estimate of drug-likeness (QED) is 0.781. The molecule has 2 aromatic carbocycles. The zero-order valence-electron chi connectivity index (χ0n) is 11.1. The molecule has 21 heavy (non-hydrogen) atoms. The third-order valence-corrected chi connectivity index (χ3v) is 3.51. The second-order valence-electron chi connectivity index (χ2n) is 4.46. The minimum absolute atomic E-state index is 0.0256. The number of rotatable bonds is 2. The molecule has 1 aromatic heterocycles. The Balaban J connectivity index is 2.38. The van der Waals surface area contributed by atoms with E-state index >= 15 is 0 Å². The van der Waals surface area contributed by atoms with E-state index in [1.165, 1.54) is 19.2 Å². The van der Waals surface area contributed by atoms with Gasteiger partial charge in [0.05, 0.1) is 18.1 Å². The number of ether oxygens (including phenoxy) is 1. The van der Waals surface area contributed by atoms with Crippen molar-refractivity contribution in [1.29, 1.82) is 0 Å². The number of benzene rings is 2. The summed E-state index contributed by atoms with van der Waals surface area (Å²) in [6.45, 7) is 0. The molecule has 0 unspecified atom stereocenters. The average Bonchev–Trinajstić information content (AvgIpc) is 2.51. The predicted octanol–water partition coefficient (Wildman–Crippen LogP) is 3.83. The van der Waals surface area contributed by atoms with E-state index in [4.69, 9.17) is 20.8 Å². The molecular formula is C16H11ClO4. The fraction of sp³-hybridized carbons (Fsp3) is 0.0625. The number of phenols is 1. The SMILES string of the molecule is COc1ccc(O)cc1-c1oc2ccccc2c(=O)c1Cl. The number of phenolic OH excluding ortho intramolecular Hbond substituents is 1. The summed E-state index contributed by atoms with van der Waals surface area (Å²) >= 11 is 6.14. The second-order valence-corrected chi connectivity index (χ2v) is 4.83. The second kappa shape index (κ2) is 5.14. The van der Waals surface area contributed by atoms with E-state index in [0.29, 0.717) is 22.3 Å². The molecule has 0 spiro atoms. The summed E-state index contributed by atoms with van der Waals surface area (Å²) in [6.07, 6.45) is 0. The lowest BCUT2D eigenvalue weighted by atomic mass is 10.1. The van der Waals surface area contributed by atoms with Crippen molar-refractivity contribution >= 4 is 22.6 Å². The van der Waals surface area contributed by atoms with Crippen molar-refractivity contribution in [3.05, 3.63) is 57.7 Å². The van der Waals surface area contributed by atoms with Gasteiger partial charge in [-0.1, -0.05) is 23.7 Å². The average molecular weight is 303 g/mol. The first-order valence-electron chi connectivity index (χ1n) is 6.20. The predicted molar refractivity (Wildman–Crippen MR) is 81.1 cm³/mol. The highest BCUT2D eigenvalue weighted by atomic mass is 35.5. The van der Waals surface area contributed by atoms with Crippen molar-refractivity contribution in [2.45, 2.75) is 0 Å². The van der Waals surface area contributed by atoms with Crippen LogP contribution in [0.1, 0.15) is 0 Å². The van der Waals surface area contributed by atoms with Crippen molar-refractivity contribution in [3.63, 3.8) is 0 Å². The molecule has 0 aliphatic carbocycles. The Bertz CT molecular complexity index is 883. The van der Waals surface area contributed by atoms with Crippen LogP contribution >= 0.6 is 11.6 Å². The lowest BCUT2D eigenvalue weighted by molar-refractivity contribution is 0.412. The maximum absolute atomic E-state index is 12.3. The summed E-state index contributed by atoms with van der Waals surface area (Å²) < 4.78 is 11.0. The van der Waals surface area contributed by atoms with Gasteiger partial charge in [-0.05, 0) is 30.3 Å². The maximum atomic E-state index is 12.3. The lowest BCUT2D eigenvalue weighted by Gasteiger charge is -2.10. The third-order valence-electron chi connectivity index (χ3n) is 3.17. The van der Waals surface area contributed by atoms with Crippen LogP contribution in [-0.2, 0) is 0 Å². The normalized spacial score (nSPS) is 10.8. The summed E-state index contributed by atoms with van der Waals surface area (Å²) in [6, 6.07) is 11.3.